The molecule has 1 aliphatic rings. The number of allylic oxidation sites excluding steroid dienone is 2. The van der Waals surface area contributed by atoms with Crippen molar-refractivity contribution in [2.45, 2.75) is 115 Å². The minimum Gasteiger partial charge on any atom is -0.394 e. The van der Waals surface area contributed by atoms with Crippen LogP contribution >= 0.6 is 0 Å². The fourth-order valence-corrected chi connectivity index (χ4v) is 3.64. The van der Waals surface area contributed by atoms with Crippen LogP contribution in [-0.2, 0) is 9.47 Å². The molecule has 1 aliphatic heterocycles. The zero-order valence-electron chi connectivity index (χ0n) is 17.9. The first kappa shape index (κ1) is 25.6. The molecule has 4 atom stereocenters. The van der Waals surface area contributed by atoms with Crippen molar-refractivity contribution in [1.29, 1.82) is 0 Å². The van der Waals surface area contributed by atoms with Crippen LogP contribution < -0.4 is 0 Å². The monoisotopic (exact) mass is 400 g/mol. The Morgan fingerprint density at radius 2 is 1.39 bits per heavy atom. The van der Waals surface area contributed by atoms with E-state index in [0.717, 1.165) is 19.3 Å². The van der Waals surface area contributed by atoms with Crippen molar-refractivity contribution in [3.8, 4) is 0 Å². The molecule has 0 amide bonds. The SMILES string of the molecule is CC/C=C/CCCCCCCCCCCCCO[C@@H]1CO[C@@H](CO)[C@H](O)[C@H]1O. The molecule has 0 radical (unpaired) electrons. The number of aliphatic hydroxyl groups excluding tert-OH is 3. The van der Waals surface area contributed by atoms with Gasteiger partial charge in [-0.2, -0.15) is 0 Å². The van der Waals surface area contributed by atoms with Crippen LogP contribution in [0.2, 0.25) is 0 Å². The standard InChI is InChI=1S/C23H44O5/c1-2-3-4-5-6-7-8-9-10-11-12-13-14-15-16-17-27-21-19-28-20(18-24)22(25)23(21)26/h3-4,20-26H,2,5-19H2,1H3/b4-3+/t20-,21+,22-,23-/m0/s1. The number of aliphatic hydroxyl groups is 3. The number of hydrogen-bond acceptors (Lipinski definition) is 5. The number of ether oxygens (including phenoxy) is 2. The second kappa shape index (κ2) is 17.4. The van der Waals surface area contributed by atoms with Gasteiger partial charge in [0.25, 0.3) is 0 Å². The van der Waals surface area contributed by atoms with E-state index in [4.69, 9.17) is 14.6 Å². The largest absolute Gasteiger partial charge is 0.394 e. The topological polar surface area (TPSA) is 79.2 Å². The molecule has 166 valence electrons. The van der Waals surface area contributed by atoms with Gasteiger partial charge in [0.15, 0.2) is 0 Å². The molecule has 0 saturated carbocycles. The Morgan fingerprint density at radius 3 is 1.96 bits per heavy atom. The maximum absolute atomic E-state index is 10.00. The van der Waals surface area contributed by atoms with E-state index in [0.29, 0.717) is 6.61 Å². The van der Waals surface area contributed by atoms with Crippen LogP contribution in [0.4, 0.5) is 0 Å². The van der Waals surface area contributed by atoms with Gasteiger partial charge in [-0.25, -0.2) is 0 Å². The molecule has 28 heavy (non-hydrogen) atoms. The van der Waals surface area contributed by atoms with Crippen molar-refractivity contribution in [3.05, 3.63) is 12.2 Å². The molecule has 0 unspecified atom stereocenters. The highest BCUT2D eigenvalue weighted by molar-refractivity contribution is 4.87. The van der Waals surface area contributed by atoms with Crippen molar-refractivity contribution in [3.63, 3.8) is 0 Å². The summed E-state index contributed by atoms with van der Waals surface area (Å²) in [6.07, 6.45) is 17.8. The summed E-state index contributed by atoms with van der Waals surface area (Å²) < 4.78 is 11.0. The molecule has 0 aromatic carbocycles. The molecule has 5 heteroatoms. The number of hydrogen-bond donors (Lipinski definition) is 3. The zero-order valence-corrected chi connectivity index (χ0v) is 17.9. The summed E-state index contributed by atoms with van der Waals surface area (Å²) in [6, 6.07) is 0. The normalized spacial score (nSPS) is 25.6. The second-order valence-electron chi connectivity index (χ2n) is 8.00. The van der Waals surface area contributed by atoms with Gasteiger partial charge in [0.2, 0.25) is 0 Å². The Morgan fingerprint density at radius 1 is 0.821 bits per heavy atom. The first-order valence-electron chi connectivity index (χ1n) is 11.6. The van der Waals surface area contributed by atoms with Crippen molar-refractivity contribution < 1.29 is 24.8 Å². The van der Waals surface area contributed by atoms with E-state index in [1.807, 2.05) is 0 Å². The molecular weight excluding hydrogens is 356 g/mol. The van der Waals surface area contributed by atoms with Crippen molar-refractivity contribution >= 4 is 0 Å². The van der Waals surface area contributed by atoms with Crippen molar-refractivity contribution in [1.82, 2.24) is 0 Å². The van der Waals surface area contributed by atoms with Crippen LogP contribution in [0.3, 0.4) is 0 Å². The fourth-order valence-electron chi connectivity index (χ4n) is 3.64. The summed E-state index contributed by atoms with van der Waals surface area (Å²) in [7, 11) is 0. The van der Waals surface area contributed by atoms with Crippen LogP contribution in [0.25, 0.3) is 0 Å². The van der Waals surface area contributed by atoms with E-state index < -0.39 is 24.4 Å². The van der Waals surface area contributed by atoms with E-state index in [1.54, 1.807) is 0 Å². The van der Waals surface area contributed by atoms with Gasteiger partial charge in [-0.15, -0.1) is 0 Å². The molecule has 0 aromatic heterocycles. The summed E-state index contributed by atoms with van der Waals surface area (Å²) in [5, 5.41) is 28.9. The Kier molecular flexibility index (Phi) is 15.9. The predicted octanol–water partition coefficient (Wildman–Crippen LogP) is 4.13. The van der Waals surface area contributed by atoms with Crippen molar-refractivity contribution in [2.75, 3.05) is 19.8 Å². The Balaban J connectivity index is 1.83. The first-order chi connectivity index (χ1) is 13.7. The lowest BCUT2D eigenvalue weighted by Crippen LogP contribution is -2.55. The highest BCUT2D eigenvalue weighted by Crippen LogP contribution is 2.18. The highest BCUT2D eigenvalue weighted by Gasteiger charge is 2.38. The smallest absolute Gasteiger partial charge is 0.111 e. The molecule has 5 nitrogen and oxygen atoms in total. The first-order valence-corrected chi connectivity index (χ1v) is 11.6. The third kappa shape index (κ3) is 11.5. The third-order valence-corrected chi connectivity index (χ3v) is 5.52. The van der Waals surface area contributed by atoms with Gasteiger partial charge in [0, 0.05) is 6.61 Å². The van der Waals surface area contributed by atoms with Gasteiger partial charge in [-0.1, -0.05) is 76.9 Å². The number of rotatable bonds is 17. The lowest BCUT2D eigenvalue weighted by atomic mass is 10.0. The molecule has 0 aromatic rings. The molecule has 0 spiro atoms. The van der Waals surface area contributed by atoms with Gasteiger partial charge < -0.3 is 24.8 Å². The van der Waals surface area contributed by atoms with E-state index >= 15 is 0 Å². The average molecular weight is 401 g/mol. The van der Waals surface area contributed by atoms with Gasteiger partial charge in [0.1, 0.15) is 24.4 Å². The maximum Gasteiger partial charge on any atom is 0.111 e. The van der Waals surface area contributed by atoms with Gasteiger partial charge in [-0.3, -0.25) is 0 Å². The van der Waals surface area contributed by atoms with Crippen LogP contribution in [0.5, 0.6) is 0 Å². The molecule has 0 aliphatic carbocycles. The Bertz CT molecular complexity index is 374. The van der Waals surface area contributed by atoms with Crippen LogP contribution in [0.15, 0.2) is 12.2 Å². The predicted molar refractivity (Wildman–Crippen MR) is 113 cm³/mol. The van der Waals surface area contributed by atoms with E-state index in [2.05, 4.69) is 19.1 Å². The summed E-state index contributed by atoms with van der Waals surface area (Å²) in [4.78, 5) is 0. The maximum atomic E-state index is 10.00. The van der Waals surface area contributed by atoms with Crippen LogP contribution in [-0.4, -0.2) is 59.6 Å². The van der Waals surface area contributed by atoms with E-state index in [9.17, 15) is 10.2 Å². The van der Waals surface area contributed by atoms with Gasteiger partial charge in [-0.05, 0) is 25.7 Å². The van der Waals surface area contributed by atoms with E-state index in [-0.39, 0.29) is 13.2 Å². The summed E-state index contributed by atoms with van der Waals surface area (Å²) in [5.41, 5.74) is 0. The number of unbranched alkanes of at least 4 members (excludes halogenated alkanes) is 11. The highest BCUT2D eigenvalue weighted by atomic mass is 16.6. The van der Waals surface area contributed by atoms with E-state index in [1.165, 1.54) is 64.2 Å². The quantitative estimate of drug-likeness (QED) is 0.253. The molecule has 1 fully saturated rings. The Hall–Kier alpha value is -0.460. The summed E-state index contributed by atoms with van der Waals surface area (Å²) >= 11 is 0. The third-order valence-electron chi connectivity index (χ3n) is 5.52. The lowest BCUT2D eigenvalue weighted by Gasteiger charge is -2.36. The zero-order chi connectivity index (χ0) is 20.5. The molecule has 1 rings (SSSR count). The van der Waals surface area contributed by atoms with Gasteiger partial charge >= 0.3 is 0 Å². The molecule has 1 heterocycles. The minimum absolute atomic E-state index is 0.221. The van der Waals surface area contributed by atoms with Crippen molar-refractivity contribution in [2.24, 2.45) is 0 Å². The van der Waals surface area contributed by atoms with Crippen LogP contribution in [0.1, 0.15) is 90.4 Å². The lowest BCUT2D eigenvalue weighted by molar-refractivity contribution is -0.208. The summed E-state index contributed by atoms with van der Waals surface area (Å²) in [5.74, 6) is 0. The van der Waals surface area contributed by atoms with Crippen LogP contribution in [0, 0.1) is 0 Å². The Labute approximate surface area is 172 Å². The fraction of sp³-hybridized carbons (Fsp3) is 0.913. The summed E-state index contributed by atoms with van der Waals surface area (Å²) in [6.45, 7) is 2.69. The molecule has 0 bridgehead atoms. The molecule has 3 N–H and O–H groups in total. The molecular formula is C23H44O5. The molecule has 1 saturated heterocycles. The second-order valence-corrected chi connectivity index (χ2v) is 8.00. The van der Waals surface area contributed by atoms with Gasteiger partial charge in [0.05, 0.1) is 13.2 Å². The average Bonchev–Trinajstić information content (AvgIpc) is 2.70. The minimum atomic E-state index is -1.08.